The summed E-state index contributed by atoms with van der Waals surface area (Å²) in [7, 11) is 0. The second-order valence-electron chi connectivity index (χ2n) is 6.71. The number of nitrogens with two attached hydrogens (primary N) is 1. The Bertz CT molecular complexity index is 944. The molecule has 0 saturated carbocycles. The van der Waals surface area contributed by atoms with Crippen molar-refractivity contribution in [3.63, 3.8) is 0 Å². The van der Waals surface area contributed by atoms with E-state index in [2.05, 4.69) is 19.2 Å². The number of amides is 2. The van der Waals surface area contributed by atoms with Crippen LogP contribution in [0.4, 0.5) is 5.00 Å². The lowest BCUT2D eigenvalue weighted by molar-refractivity contribution is 0.100. The molecule has 0 fully saturated rings. The van der Waals surface area contributed by atoms with Gasteiger partial charge in [-0.05, 0) is 35.2 Å². The van der Waals surface area contributed by atoms with Gasteiger partial charge in [0.1, 0.15) is 5.00 Å². The predicted molar refractivity (Wildman–Crippen MR) is 111 cm³/mol. The molecule has 3 rings (SSSR count). The van der Waals surface area contributed by atoms with E-state index in [-0.39, 0.29) is 5.91 Å². The summed E-state index contributed by atoms with van der Waals surface area (Å²) in [4.78, 5) is 25.4. The van der Waals surface area contributed by atoms with E-state index in [4.69, 9.17) is 5.73 Å². The number of primary amides is 1. The molecule has 0 atom stereocenters. The molecule has 0 aliphatic heterocycles. The Labute approximate surface area is 163 Å². The fourth-order valence-corrected chi connectivity index (χ4v) is 3.89. The van der Waals surface area contributed by atoms with Crippen molar-refractivity contribution >= 4 is 28.2 Å². The lowest BCUT2D eigenvalue weighted by Gasteiger charge is -2.07. The molecule has 0 spiro atoms. The second-order valence-corrected chi connectivity index (χ2v) is 7.85. The van der Waals surface area contributed by atoms with Crippen molar-refractivity contribution in [2.75, 3.05) is 5.32 Å². The van der Waals surface area contributed by atoms with Gasteiger partial charge in [-0.15, -0.1) is 11.3 Å². The summed E-state index contributed by atoms with van der Waals surface area (Å²) in [5.74, 6) is -0.390. The van der Waals surface area contributed by atoms with E-state index >= 15 is 0 Å². The highest BCUT2D eigenvalue weighted by molar-refractivity contribution is 7.16. The molecule has 0 radical (unpaired) electrons. The molecule has 3 N–H and O–H groups in total. The molecule has 1 aromatic heterocycles. The van der Waals surface area contributed by atoms with Crippen LogP contribution in [-0.4, -0.2) is 11.8 Å². The molecule has 0 aliphatic carbocycles. The average Bonchev–Trinajstić information content (AvgIpc) is 3.05. The summed E-state index contributed by atoms with van der Waals surface area (Å²) in [6, 6.07) is 19.2. The van der Waals surface area contributed by atoms with Crippen LogP contribution in [0.5, 0.6) is 0 Å². The maximum Gasteiger partial charge on any atom is 0.256 e. The lowest BCUT2D eigenvalue weighted by atomic mass is 10.0. The molecule has 27 heavy (non-hydrogen) atoms. The third-order valence-electron chi connectivity index (χ3n) is 4.34. The quantitative estimate of drug-likeness (QED) is 0.646. The summed E-state index contributed by atoms with van der Waals surface area (Å²) in [5.41, 5.74) is 8.71. The number of nitrogens with one attached hydrogen (secondary N) is 1. The first-order chi connectivity index (χ1) is 12.9. The van der Waals surface area contributed by atoms with Crippen molar-refractivity contribution < 1.29 is 9.59 Å². The first-order valence-electron chi connectivity index (χ1n) is 8.82. The molecule has 3 aromatic rings. The fourth-order valence-electron chi connectivity index (χ4n) is 2.80. The molecule has 0 saturated heterocycles. The molecular formula is C22H22N2O2S. The van der Waals surface area contributed by atoms with Gasteiger partial charge >= 0.3 is 0 Å². The maximum atomic E-state index is 12.6. The van der Waals surface area contributed by atoms with Gasteiger partial charge in [0.15, 0.2) is 0 Å². The van der Waals surface area contributed by atoms with Gasteiger partial charge in [0, 0.05) is 16.9 Å². The molecule has 2 amide bonds. The van der Waals surface area contributed by atoms with E-state index in [1.54, 1.807) is 18.2 Å². The third-order valence-corrected chi connectivity index (χ3v) is 5.39. The zero-order chi connectivity index (χ0) is 19.4. The molecule has 2 aromatic carbocycles. The second kappa shape index (κ2) is 8.18. The summed E-state index contributed by atoms with van der Waals surface area (Å²) >= 11 is 1.38. The average molecular weight is 378 g/mol. The fraction of sp³-hybridized carbons (Fsp3) is 0.182. The molecular weight excluding hydrogens is 356 g/mol. The monoisotopic (exact) mass is 378 g/mol. The SMILES string of the molecule is CC(C)c1ccc(C(=O)Nc2sc(Cc3ccccc3)cc2C(N)=O)cc1. The minimum atomic E-state index is -0.545. The number of thiophene rings is 1. The zero-order valence-electron chi connectivity index (χ0n) is 15.4. The van der Waals surface area contributed by atoms with Crippen LogP contribution in [0.15, 0.2) is 60.7 Å². The molecule has 0 unspecified atom stereocenters. The molecule has 0 bridgehead atoms. The Balaban J connectivity index is 1.80. The summed E-state index contributed by atoms with van der Waals surface area (Å²) in [5, 5.41) is 3.33. The van der Waals surface area contributed by atoms with Gasteiger partial charge in [-0.25, -0.2) is 0 Å². The smallest absolute Gasteiger partial charge is 0.256 e. The van der Waals surface area contributed by atoms with E-state index in [0.29, 0.717) is 28.5 Å². The molecule has 1 heterocycles. The number of carbonyl (C=O) groups excluding carboxylic acids is 2. The minimum absolute atomic E-state index is 0.249. The largest absolute Gasteiger partial charge is 0.366 e. The van der Waals surface area contributed by atoms with Crippen LogP contribution in [0, 0.1) is 0 Å². The summed E-state index contributed by atoms with van der Waals surface area (Å²) in [6.45, 7) is 4.21. The highest BCUT2D eigenvalue weighted by atomic mass is 32.1. The molecule has 138 valence electrons. The Morgan fingerprint density at radius 1 is 1.04 bits per heavy atom. The number of hydrogen-bond acceptors (Lipinski definition) is 3. The van der Waals surface area contributed by atoms with Crippen LogP contribution in [0.2, 0.25) is 0 Å². The van der Waals surface area contributed by atoms with Crippen LogP contribution >= 0.6 is 11.3 Å². The Morgan fingerprint density at radius 3 is 2.30 bits per heavy atom. The Morgan fingerprint density at radius 2 is 1.70 bits per heavy atom. The van der Waals surface area contributed by atoms with Gasteiger partial charge in [0.25, 0.3) is 11.8 Å². The number of hydrogen-bond donors (Lipinski definition) is 2. The first kappa shape index (κ1) is 18.9. The highest BCUT2D eigenvalue weighted by Gasteiger charge is 2.17. The van der Waals surface area contributed by atoms with Crippen molar-refractivity contribution in [3.05, 3.63) is 87.8 Å². The van der Waals surface area contributed by atoms with Gasteiger partial charge in [-0.2, -0.15) is 0 Å². The topological polar surface area (TPSA) is 72.2 Å². The third kappa shape index (κ3) is 4.63. The minimum Gasteiger partial charge on any atom is -0.366 e. The molecule has 4 nitrogen and oxygen atoms in total. The van der Waals surface area contributed by atoms with E-state index in [1.165, 1.54) is 16.9 Å². The molecule has 0 aliphatic rings. The highest BCUT2D eigenvalue weighted by Crippen LogP contribution is 2.30. The number of benzene rings is 2. The van der Waals surface area contributed by atoms with E-state index < -0.39 is 5.91 Å². The van der Waals surface area contributed by atoms with E-state index in [0.717, 1.165) is 10.4 Å². The number of rotatable bonds is 6. The van der Waals surface area contributed by atoms with E-state index in [1.807, 2.05) is 42.5 Å². The molecule has 5 heteroatoms. The lowest BCUT2D eigenvalue weighted by Crippen LogP contribution is -2.16. The van der Waals surface area contributed by atoms with Gasteiger partial charge < -0.3 is 11.1 Å². The van der Waals surface area contributed by atoms with Crippen molar-refractivity contribution in [3.8, 4) is 0 Å². The van der Waals surface area contributed by atoms with Crippen molar-refractivity contribution in [2.24, 2.45) is 5.73 Å². The summed E-state index contributed by atoms with van der Waals surface area (Å²) in [6.07, 6.45) is 0.685. The van der Waals surface area contributed by atoms with Crippen LogP contribution in [0.3, 0.4) is 0 Å². The number of anilines is 1. The van der Waals surface area contributed by atoms with E-state index in [9.17, 15) is 9.59 Å². The maximum absolute atomic E-state index is 12.6. The van der Waals surface area contributed by atoms with Crippen molar-refractivity contribution in [1.82, 2.24) is 0 Å². The zero-order valence-corrected chi connectivity index (χ0v) is 16.2. The van der Waals surface area contributed by atoms with Gasteiger partial charge in [-0.3, -0.25) is 9.59 Å². The van der Waals surface area contributed by atoms with Crippen LogP contribution in [0.25, 0.3) is 0 Å². The van der Waals surface area contributed by atoms with Crippen molar-refractivity contribution in [1.29, 1.82) is 0 Å². The Kier molecular flexibility index (Phi) is 5.72. The predicted octanol–water partition coefficient (Wildman–Crippen LogP) is 4.81. The van der Waals surface area contributed by atoms with Gasteiger partial charge in [0.2, 0.25) is 0 Å². The first-order valence-corrected chi connectivity index (χ1v) is 9.63. The van der Waals surface area contributed by atoms with Crippen LogP contribution < -0.4 is 11.1 Å². The summed E-state index contributed by atoms with van der Waals surface area (Å²) < 4.78 is 0. The normalized spacial score (nSPS) is 10.8. The number of carbonyl (C=O) groups is 2. The Hall–Kier alpha value is -2.92. The van der Waals surface area contributed by atoms with Crippen molar-refractivity contribution in [2.45, 2.75) is 26.2 Å². The van der Waals surface area contributed by atoms with Gasteiger partial charge in [-0.1, -0.05) is 56.3 Å². The van der Waals surface area contributed by atoms with Crippen LogP contribution in [0.1, 0.15) is 56.5 Å². The standard InChI is InChI=1S/C22H22N2O2S/c1-14(2)16-8-10-17(11-9-16)21(26)24-22-19(20(23)25)13-18(27-22)12-15-6-4-3-5-7-15/h3-11,13-14H,12H2,1-2H3,(H2,23,25)(H,24,26). The van der Waals surface area contributed by atoms with Gasteiger partial charge in [0.05, 0.1) is 5.56 Å². The van der Waals surface area contributed by atoms with Crippen LogP contribution in [-0.2, 0) is 6.42 Å².